The van der Waals surface area contributed by atoms with Crippen LogP contribution < -0.4 is 4.74 Å². The van der Waals surface area contributed by atoms with Gasteiger partial charge in [-0.2, -0.15) is 0 Å². The highest BCUT2D eigenvalue weighted by atomic mass is 16.5. The van der Waals surface area contributed by atoms with Crippen LogP contribution in [0.2, 0.25) is 0 Å². The molecule has 114 valence electrons. The number of carbonyl (C=O) groups excluding carboxylic acids is 1. The molecule has 5 rings (SSSR count). The van der Waals surface area contributed by atoms with Gasteiger partial charge in [-0.05, 0) is 44.2 Å². The van der Waals surface area contributed by atoms with Gasteiger partial charge in [0.25, 0.3) is 0 Å². The molecule has 22 heavy (non-hydrogen) atoms. The van der Waals surface area contributed by atoms with E-state index in [1.54, 1.807) is 12.1 Å². The minimum Gasteiger partial charge on any atom is -0.504 e. The molecular weight excluding hydrogens is 282 g/mol. The fraction of sp³-hybridized carbons (Fsp3) is 0.471. The highest BCUT2D eigenvalue weighted by molar-refractivity contribution is 5.99. The number of hydrogen-bond donors (Lipinski definition) is 2. The van der Waals surface area contributed by atoms with E-state index in [0.29, 0.717) is 12.2 Å². The number of phenols is 1. The Balaban J connectivity index is 1.93. The third-order valence-corrected chi connectivity index (χ3v) is 6.39. The molecule has 0 amide bonds. The average molecular weight is 299 g/mol. The van der Waals surface area contributed by atoms with Crippen LogP contribution in [0.5, 0.6) is 11.5 Å². The first-order valence-electron chi connectivity index (χ1n) is 7.62. The van der Waals surface area contributed by atoms with Crippen LogP contribution in [0.4, 0.5) is 0 Å². The van der Waals surface area contributed by atoms with Crippen LogP contribution in [0.15, 0.2) is 24.3 Å². The number of ketones is 1. The molecule has 1 aromatic carbocycles. The zero-order chi connectivity index (χ0) is 15.4. The molecule has 2 aliphatic carbocycles. The number of ether oxygens (including phenoxy) is 1. The first kappa shape index (κ1) is 12.7. The summed E-state index contributed by atoms with van der Waals surface area (Å²) < 4.78 is 5.86. The zero-order valence-corrected chi connectivity index (χ0v) is 12.4. The molecule has 2 unspecified atom stereocenters. The van der Waals surface area contributed by atoms with Crippen molar-refractivity contribution < 1.29 is 19.7 Å². The molecule has 1 saturated heterocycles. The molecule has 1 fully saturated rings. The fourth-order valence-electron chi connectivity index (χ4n) is 5.19. The molecule has 0 saturated carbocycles. The molecule has 1 spiro atoms. The highest BCUT2D eigenvalue weighted by Gasteiger charge is 2.73. The first-order chi connectivity index (χ1) is 10.4. The predicted molar refractivity (Wildman–Crippen MR) is 77.9 cm³/mol. The van der Waals surface area contributed by atoms with E-state index in [1.807, 2.05) is 20.0 Å². The smallest absolute Gasteiger partial charge is 0.196 e. The summed E-state index contributed by atoms with van der Waals surface area (Å²) in [6, 6.07) is 3.51. The fourth-order valence-corrected chi connectivity index (χ4v) is 5.19. The van der Waals surface area contributed by atoms with Crippen molar-refractivity contribution in [3.8, 4) is 11.5 Å². The van der Waals surface area contributed by atoms with Crippen LogP contribution in [0.3, 0.4) is 0 Å². The number of aliphatic hydroxyl groups is 1. The van der Waals surface area contributed by atoms with Crippen molar-refractivity contribution in [1.82, 2.24) is 4.90 Å². The number of phenolic OH excluding ortho intramolecular Hbond substituents is 1. The monoisotopic (exact) mass is 299 g/mol. The van der Waals surface area contributed by atoms with E-state index in [9.17, 15) is 15.0 Å². The third-order valence-electron chi connectivity index (χ3n) is 6.39. The number of piperidine rings is 1. The van der Waals surface area contributed by atoms with Gasteiger partial charge in [-0.25, -0.2) is 0 Å². The largest absolute Gasteiger partial charge is 0.504 e. The SMILES string of the molecule is C[C@H]1N(C)C2C[C@]34c5c2ccc(O)c5O[C@H]3C(=O)C=CC14O. The van der Waals surface area contributed by atoms with Gasteiger partial charge in [0.15, 0.2) is 23.4 Å². The summed E-state index contributed by atoms with van der Waals surface area (Å²) in [7, 11) is 2.00. The van der Waals surface area contributed by atoms with Crippen LogP contribution in [0.25, 0.3) is 0 Å². The summed E-state index contributed by atoms with van der Waals surface area (Å²) in [5.74, 6) is 0.284. The second-order valence-corrected chi connectivity index (χ2v) is 6.97. The Bertz CT molecular complexity index is 772. The number of fused-ring (bicyclic) bond motifs is 2. The van der Waals surface area contributed by atoms with Crippen molar-refractivity contribution in [2.45, 2.75) is 42.5 Å². The van der Waals surface area contributed by atoms with Crippen LogP contribution >= 0.6 is 0 Å². The molecule has 2 N–H and O–H groups in total. The van der Waals surface area contributed by atoms with Gasteiger partial charge in [0.1, 0.15) is 5.60 Å². The van der Waals surface area contributed by atoms with E-state index in [1.165, 1.54) is 6.08 Å². The Labute approximate surface area is 127 Å². The lowest BCUT2D eigenvalue weighted by Crippen LogP contribution is -2.70. The van der Waals surface area contributed by atoms with E-state index in [2.05, 4.69) is 4.90 Å². The molecule has 0 aromatic heterocycles. The van der Waals surface area contributed by atoms with Crippen molar-refractivity contribution in [3.63, 3.8) is 0 Å². The summed E-state index contributed by atoms with van der Waals surface area (Å²) in [5.41, 5.74) is -0.0671. The number of nitrogens with zero attached hydrogens (tertiary/aromatic N) is 1. The van der Waals surface area contributed by atoms with Crippen molar-refractivity contribution in [2.24, 2.45) is 0 Å². The number of aromatic hydroxyl groups is 1. The summed E-state index contributed by atoms with van der Waals surface area (Å²) in [4.78, 5) is 14.6. The van der Waals surface area contributed by atoms with E-state index in [0.717, 1.165) is 11.1 Å². The number of hydrogen-bond acceptors (Lipinski definition) is 5. The maximum Gasteiger partial charge on any atom is 0.196 e. The number of benzene rings is 1. The molecule has 2 bridgehead atoms. The van der Waals surface area contributed by atoms with E-state index in [4.69, 9.17) is 4.74 Å². The summed E-state index contributed by atoms with van der Waals surface area (Å²) in [6.45, 7) is 1.98. The van der Waals surface area contributed by atoms with Crippen molar-refractivity contribution in [1.29, 1.82) is 0 Å². The molecule has 2 heterocycles. The number of rotatable bonds is 0. The predicted octanol–water partition coefficient (Wildman–Crippen LogP) is 1.04. The van der Waals surface area contributed by atoms with E-state index in [-0.39, 0.29) is 23.6 Å². The maximum absolute atomic E-state index is 12.4. The average Bonchev–Trinajstić information content (AvgIpc) is 3.00. The Kier molecular flexibility index (Phi) is 1.95. The molecule has 1 aromatic rings. The summed E-state index contributed by atoms with van der Waals surface area (Å²) in [6.07, 6.45) is 2.96. The minimum atomic E-state index is -1.18. The maximum atomic E-state index is 12.4. The van der Waals surface area contributed by atoms with Gasteiger partial charge in [-0.1, -0.05) is 6.07 Å². The van der Waals surface area contributed by atoms with Gasteiger partial charge in [0, 0.05) is 17.6 Å². The number of carbonyl (C=O) groups is 1. The van der Waals surface area contributed by atoms with Gasteiger partial charge in [-0.15, -0.1) is 0 Å². The lowest BCUT2D eigenvalue weighted by molar-refractivity contribution is -0.150. The highest BCUT2D eigenvalue weighted by Crippen LogP contribution is 2.68. The van der Waals surface area contributed by atoms with Crippen molar-refractivity contribution >= 4 is 5.78 Å². The Morgan fingerprint density at radius 3 is 2.95 bits per heavy atom. The quantitative estimate of drug-likeness (QED) is 0.749. The minimum absolute atomic E-state index is 0.0422. The second kappa shape index (κ2) is 3.39. The van der Waals surface area contributed by atoms with Gasteiger partial charge < -0.3 is 14.9 Å². The number of likely N-dealkylation sites (N-methyl/N-ethyl adjacent to an activating group) is 1. The summed E-state index contributed by atoms with van der Waals surface area (Å²) >= 11 is 0. The molecule has 5 heteroatoms. The zero-order valence-electron chi connectivity index (χ0n) is 12.4. The lowest BCUT2D eigenvalue weighted by atomic mass is 9.57. The Morgan fingerprint density at radius 2 is 2.18 bits per heavy atom. The number of likely N-dealkylation sites (tertiary alicyclic amines) is 1. The normalized spacial score (nSPS) is 44.1. The molecule has 5 nitrogen and oxygen atoms in total. The van der Waals surface area contributed by atoms with Crippen LogP contribution in [-0.2, 0) is 10.2 Å². The first-order valence-corrected chi connectivity index (χ1v) is 7.62. The molecule has 4 aliphatic rings. The van der Waals surface area contributed by atoms with Crippen molar-refractivity contribution in [2.75, 3.05) is 7.05 Å². The molecule has 0 radical (unpaired) electrons. The van der Waals surface area contributed by atoms with E-state index < -0.39 is 17.1 Å². The Hall–Kier alpha value is -1.85. The van der Waals surface area contributed by atoms with E-state index >= 15 is 0 Å². The van der Waals surface area contributed by atoms with Crippen molar-refractivity contribution in [3.05, 3.63) is 35.4 Å². The molecular formula is C17H17NO4. The third kappa shape index (κ3) is 0.998. The van der Waals surface area contributed by atoms with Crippen LogP contribution in [-0.4, -0.2) is 45.7 Å². The summed E-state index contributed by atoms with van der Waals surface area (Å²) in [5, 5.41) is 21.7. The van der Waals surface area contributed by atoms with Gasteiger partial charge in [-0.3, -0.25) is 9.69 Å². The van der Waals surface area contributed by atoms with Crippen LogP contribution in [0, 0.1) is 0 Å². The van der Waals surface area contributed by atoms with Gasteiger partial charge >= 0.3 is 0 Å². The second-order valence-electron chi connectivity index (χ2n) is 6.97. The molecule has 5 atom stereocenters. The lowest BCUT2D eigenvalue weighted by Gasteiger charge is -2.55. The van der Waals surface area contributed by atoms with Gasteiger partial charge in [0.05, 0.1) is 5.41 Å². The van der Waals surface area contributed by atoms with Gasteiger partial charge in [0.2, 0.25) is 0 Å². The van der Waals surface area contributed by atoms with Crippen LogP contribution in [0.1, 0.15) is 30.5 Å². The molecule has 2 aliphatic heterocycles. The standard InChI is InChI=1S/C17H17NO4/c1-8-17(21)6-5-12(20)15-16(17)7-10(18(8)2)9-3-4-11(19)14(22-15)13(9)16/h3-6,8,10,15,19,21H,7H2,1-2H3/t8-,10?,15+,16+,17?/m1/s1. The Morgan fingerprint density at radius 1 is 1.41 bits per heavy atom. The topological polar surface area (TPSA) is 70.0 Å².